The summed E-state index contributed by atoms with van der Waals surface area (Å²) in [4.78, 5) is 19.7. The number of H-pyrrole nitrogens is 1. The molecule has 2 aromatic heterocycles. The van der Waals surface area contributed by atoms with E-state index in [1.54, 1.807) is 12.4 Å². The molecule has 0 aliphatic heterocycles. The van der Waals surface area contributed by atoms with Crippen molar-refractivity contribution in [1.29, 1.82) is 0 Å². The molecule has 0 aliphatic rings. The number of carbonyl (C=O) groups is 1. The number of hydrogen-bond donors (Lipinski definition) is 3. The summed E-state index contributed by atoms with van der Waals surface area (Å²) in [6.07, 6.45) is 3.08. The van der Waals surface area contributed by atoms with Crippen LogP contribution in [0.5, 0.6) is 5.75 Å². The van der Waals surface area contributed by atoms with Gasteiger partial charge in [-0.2, -0.15) is 0 Å². The molecule has 2 heterocycles. The number of phenolic OH excluding ortho intramolecular Hbond substituents is 1. The molecule has 3 aromatic carbocycles. The van der Waals surface area contributed by atoms with E-state index in [2.05, 4.69) is 15.3 Å². The van der Waals surface area contributed by atoms with E-state index in [-0.39, 0.29) is 24.3 Å². The second kappa shape index (κ2) is 9.38. The van der Waals surface area contributed by atoms with Gasteiger partial charge in [-0.3, -0.25) is 9.78 Å². The maximum absolute atomic E-state index is 13.8. The van der Waals surface area contributed by atoms with Gasteiger partial charge in [-0.15, -0.1) is 0 Å². The summed E-state index contributed by atoms with van der Waals surface area (Å²) < 4.78 is 27.6. The molecule has 35 heavy (non-hydrogen) atoms. The number of benzene rings is 3. The Morgan fingerprint density at radius 2 is 1.69 bits per heavy atom. The molecule has 5 nitrogen and oxygen atoms in total. The van der Waals surface area contributed by atoms with Crippen LogP contribution in [0, 0.1) is 11.6 Å². The average molecular weight is 469 g/mol. The third-order valence-corrected chi connectivity index (χ3v) is 5.87. The molecule has 0 aliphatic carbocycles. The van der Waals surface area contributed by atoms with Crippen molar-refractivity contribution in [1.82, 2.24) is 15.3 Å². The smallest absolute Gasteiger partial charge is 0.224 e. The first-order valence-corrected chi connectivity index (χ1v) is 11.0. The topological polar surface area (TPSA) is 78.0 Å². The molecule has 0 atom stereocenters. The largest absolute Gasteiger partial charge is 0.507 e. The number of rotatable bonds is 6. The third-order valence-electron chi connectivity index (χ3n) is 5.87. The SMILES string of the molecule is O=C(Cc1c(F)cccc1F)NCc1cccc(-c2cccc(-c3cc4cnccc4[nH]3)c2O)c1. The van der Waals surface area contributed by atoms with Crippen LogP contribution in [-0.4, -0.2) is 21.0 Å². The molecule has 0 fully saturated rings. The minimum Gasteiger partial charge on any atom is -0.507 e. The second-order valence-corrected chi connectivity index (χ2v) is 8.20. The summed E-state index contributed by atoms with van der Waals surface area (Å²) in [5.74, 6) is -1.85. The highest BCUT2D eigenvalue weighted by atomic mass is 19.1. The fourth-order valence-corrected chi connectivity index (χ4v) is 4.08. The fraction of sp³-hybridized carbons (Fsp3) is 0.0714. The number of aromatic amines is 1. The highest BCUT2D eigenvalue weighted by molar-refractivity contribution is 5.89. The van der Waals surface area contributed by atoms with Gasteiger partial charge in [0.05, 0.1) is 12.1 Å². The van der Waals surface area contributed by atoms with Gasteiger partial charge < -0.3 is 15.4 Å². The van der Waals surface area contributed by atoms with Crippen LogP contribution in [0.1, 0.15) is 11.1 Å². The van der Waals surface area contributed by atoms with E-state index in [1.165, 1.54) is 6.07 Å². The Morgan fingerprint density at radius 3 is 2.49 bits per heavy atom. The number of nitrogens with one attached hydrogen (secondary N) is 2. The molecule has 0 radical (unpaired) electrons. The zero-order valence-electron chi connectivity index (χ0n) is 18.6. The Hall–Kier alpha value is -4.52. The summed E-state index contributed by atoms with van der Waals surface area (Å²) in [5.41, 5.74) is 4.29. The lowest BCUT2D eigenvalue weighted by Crippen LogP contribution is -2.25. The number of pyridine rings is 1. The zero-order chi connectivity index (χ0) is 24.4. The molecule has 0 spiro atoms. The van der Waals surface area contributed by atoms with Crippen molar-refractivity contribution < 1.29 is 18.7 Å². The van der Waals surface area contributed by atoms with Crippen LogP contribution >= 0.6 is 0 Å². The van der Waals surface area contributed by atoms with Gasteiger partial charge in [0.2, 0.25) is 5.91 Å². The van der Waals surface area contributed by atoms with Gasteiger partial charge in [-0.05, 0) is 47.5 Å². The monoisotopic (exact) mass is 469 g/mol. The first kappa shape index (κ1) is 22.3. The van der Waals surface area contributed by atoms with Crippen molar-refractivity contribution in [2.45, 2.75) is 13.0 Å². The molecule has 0 saturated heterocycles. The number of carbonyl (C=O) groups excluding carboxylic acids is 1. The summed E-state index contributed by atoms with van der Waals surface area (Å²) >= 11 is 0. The zero-order valence-corrected chi connectivity index (χ0v) is 18.6. The van der Waals surface area contributed by atoms with Crippen LogP contribution in [0.3, 0.4) is 0 Å². The van der Waals surface area contributed by atoms with Crippen LogP contribution < -0.4 is 5.32 Å². The molecule has 3 N–H and O–H groups in total. The Labute approximate surface area is 200 Å². The van der Waals surface area contributed by atoms with Crippen LogP contribution in [0.15, 0.2) is 85.2 Å². The quantitative estimate of drug-likeness (QED) is 0.297. The number of fused-ring (bicyclic) bond motifs is 1. The van der Waals surface area contributed by atoms with Gasteiger partial charge in [0.1, 0.15) is 17.4 Å². The molecule has 0 unspecified atom stereocenters. The van der Waals surface area contributed by atoms with Crippen LogP contribution in [0.2, 0.25) is 0 Å². The number of hydrogen-bond acceptors (Lipinski definition) is 3. The Bertz CT molecular complexity index is 1490. The average Bonchev–Trinajstić information content (AvgIpc) is 3.29. The predicted molar refractivity (Wildman–Crippen MR) is 131 cm³/mol. The van der Waals surface area contributed by atoms with E-state index in [9.17, 15) is 18.7 Å². The molecular weight excluding hydrogens is 448 g/mol. The minimum atomic E-state index is -0.747. The van der Waals surface area contributed by atoms with E-state index in [1.807, 2.05) is 54.6 Å². The van der Waals surface area contributed by atoms with Crippen molar-refractivity contribution in [2.75, 3.05) is 0 Å². The second-order valence-electron chi connectivity index (χ2n) is 8.20. The lowest BCUT2D eigenvalue weighted by molar-refractivity contribution is -0.120. The van der Waals surface area contributed by atoms with Gasteiger partial charge in [0.25, 0.3) is 0 Å². The van der Waals surface area contributed by atoms with E-state index >= 15 is 0 Å². The van der Waals surface area contributed by atoms with Crippen molar-refractivity contribution in [2.24, 2.45) is 0 Å². The number of halogens is 2. The number of amides is 1. The summed E-state index contributed by atoms with van der Waals surface area (Å²) in [6, 6.07) is 20.2. The molecule has 7 heteroatoms. The maximum atomic E-state index is 13.8. The maximum Gasteiger partial charge on any atom is 0.224 e. The van der Waals surface area contributed by atoms with E-state index in [4.69, 9.17) is 0 Å². The molecule has 1 amide bonds. The Kier molecular flexibility index (Phi) is 5.97. The number of nitrogens with zero attached hydrogens (tertiary/aromatic N) is 1. The van der Waals surface area contributed by atoms with Crippen molar-refractivity contribution in [3.05, 3.63) is 108 Å². The lowest BCUT2D eigenvalue weighted by Gasteiger charge is -2.11. The Morgan fingerprint density at radius 1 is 0.943 bits per heavy atom. The van der Waals surface area contributed by atoms with E-state index < -0.39 is 17.5 Å². The molecular formula is C28H21F2N3O2. The molecule has 0 saturated carbocycles. The van der Waals surface area contributed by atoms with Gasteiger partial charge >= 0.3 is 0 Å². The van der Waals surface area contributed by atoms with E-state index in [0.717, 1.165) is 39.9 Å². The van der Waals surface area contributed by atoms with Gasteiger partial charge in [0.15, 0.2) is 0 Å². The highest BCUT2D eigenvalue weighted by Gasteiger charge is 2.15. The van der Waals surface area contributed by atoms with Gasteiger partial charge in [-0.1, -0.05) is 36.4 Å². The number of para-hydroxylation sites is 1. The summed E-state index contributed by atoms with van der Waals surface area (Å²) in [5, 5.41) is 14.7. The van der Waals surface area contributed by atoms with Crippen molar-refractivity contribution >= 4 is 16.8 Å². The first-order chi connectivity index (χ1) is 17.0. The van der Waals surface area contributed by atoms with Crippen LogP contribution in [-0.2, 0) is 17.8 Å². The summed E-state index contributed by atoms with van der Waals surface area (Å²) in [7, 11) is 0. The predicted octanol–water partition coefficient (Wildman–Crippen LogP) is 5.74. The highest BCUT2D eigenvalue weighted by Crippen LogP contribution is 2.38. The fourth-order valence-electron chi connectivity index (χ4n) is 4.08. The minimum absolute atomic E-state index is 0.128. The lowest BCUT2D eigenvalue weighted by atomic mass is 9.98. The third kappa shape index (κ3) is 4.61. The molecule has 0 bridgehead atoms. The van der Waals surface area contributed by atoms with E-state index in [0.29, 0.717) is 11.1 Å². The van der Waals surface area contributed by atoms with Gasteiger partial charge in [0, 0.05) is 46.5 Å². The normalized spacial score (nSPS) is 11.0. The van der Waals surface area contributed by atoms with Crippen molar-refractivity contribution in [3.63, 3.8) is 0 Å². The number of aromatic nitrogens is 2. The summed E-state index contributed by atoms with van der Waals surface area (Å²) in [6.45, 7) is 0.179. The molecule has 5 rings (SSSR count). The van der Waals surface area contributed by atoms with Crippen LogP contribution in [0.4, 0.5) is 8.78 Å². The Balaban J connectivity index is 1.35. The standard InChI is InChI=1S/C28H21F2N3O2/c29-23-8-3-9-24(30)22(23)14-27(34)32-15-17-4-1-5-18(12-17)20-6-2-7-21(28(20)35)26-13-19-16-31-11-10-25(19)33-26/h1-13,16,33,35H,14-15H2,(H,32,34). The first-order valence-electron chi connectivity index (χ1n) is 11.0. The van der Waals surface area contributed by atoms with Crippen LogP contribution in [0.25, 0.3) is 33.3 Å². The molecule has 5 aromatic rings. The van der Waals surface area contributed by atoms with Crippen molar-refractivity contribution in [3.8, 4) is 28.1 Å². The molecule has 174 valence electrons. The number of phenols is 1. The number of aromatic hydroxyl groups is 1. The van der Waals surface area contributed by atoms with Gasteiger partial charge in [-0.25, -0.2) is 8.78 Å².